The molecule has 1 unspecified atom stereocenters. The van der Waals surface area contributed by atoms with E-state index in [4.69, 9.17) is 17.3 Å². The van der Waals surface area contributed by atoms with Crippen molar-refractivity contribution >= 4 is 33.2 Å². The van der Waals surface area contributed by atoms with E-state index in [2.05, 4.69) is 18.8 Å². The minimum absolute atomic E-state index is 0.00142. The molecule has 1 aromatic heterocycles. The zero-order valence-electron chi connectivity index (χ0n) is 8.70. The summed E-state index contributed by atoms with van der Waals surface area (Å²) in [5.41, 5.74) is 7.00. The maximum Gasteiger partial charge on any atom is 0.111 e. The van der Waals surface area contributed by atoms with Crippen LogP contribution in [0.5, 0.6) is 0 Å². The highest BCUT2D eigenvalue weighted by Gasteiger charge is 2.16. The van der Waals surface area contributed by atoms with Crippen LogP contribution in [0.2, 0.25) is 5.02 Å². The molecule has 4 heteroatoms. The molecule has 2 nitrogen and oxygen atoms in total. The maximum absolute atomic E-state index is 6.08. The molecular weight excluding hydrogens is 228 g/mol. The summed E-state index contributed by atoms with van der Waals surface area (Å²) in [6, 6.07) is 5.76. The summed E-state index contributed by atoms with van der Waals surface area (Å²) in [6.45, 7) is 4.19. The van der Waals surface area contributed by atoms with Crippen molar-refractivity contribution < 1.29 is 0 Å². The minimum Gasteiger partial charge on any atom is -0.322 e. The van der Waals surface area contributed by atoms with Crippen LogP contribution >= 0.6 is 22.9 Å². The third kappa shape index (κ3) is 2.00. The van der Waals surface area contributed by atoms with Crippen LogP contribution in [-0.2, 0) is 0 Å². The van der Waals surface area contributed by atoms with Crippen molar-refractivity contribution in [3.05, 3.63) is 28.2 Å². The Morgan fingerprint density at radius 1 is 1.40 bits per heavy atom. The van der Waals surface area contributed by atoms with E-state index in [1.54, 1.807) is 11.3 Å². The van der Waals surface area contributed by atoms with Crippen LogP contribution in [0.4, 0.5) is 0 Å². The molecule has 1 heterocycles. The smallest absolute Gasteiger partial charge is 0.111 e. The number of hydrogen-bond acceptors (Lipinski definition) is 3. The van der Waals surface area contributed by atoms with Gasteiger partial charge < -0.3 is 5.73 Å². The lowest BCUT2D eigenvalue weighted by atomic mass is 10.1. The first-order valence-corrected chi connectivity index (χ1v) is 6.09. The topological polar surface area (TPSA) is 38.9 Å². The first-order valence-electron chi connectivity index (χ1n) is 4.90. The van der Waals surface area contributed by atoms with E-state index in [1.807, 2.05) is 18.2 Å². The molecule has 15 heavy (non-hydrogen) atoms. The van der Waals surface area contributed by atoms with Gasteiger partial charge in [-0.15, -0.1) is 11.3 Å². The van der Waals surface area contributed by atoms with Crippen LogP contribution in [0, 0.1) is 5.92 Å². The first-order chi connectivity index (χ1) is 7.09. The summed E-state index contributed by atoms with van der Waals surface area (Å²) in [7, 11) is 0. The molecule has 0 amide bonds. The Bertz CT molecular complexity index is 478. The number of halogens is 1. The Balaban J connectivity index is 2.52. The SMILES string of the molecule is CC(C)C(N)c1nc2cccc(Cl)c2s1. The molecule has 0 radical (unpaired) electrons. The van der Waals surface area contributed by atoms with Gasteiger partial charge in [0.05, 0.1) is 21.3 Å². The summed E-state index contributed by atoms with van der Waals surface area (Å²) in [4.78, 5) is 4.50. The fourth-order valence-electron chi connectivity index (χ4n) is 1.36. The molecule has 0 bridgehead atoms. The van der Waals surface area contributed by atoms with E-state index in [0.717, 1.165) is 20.2 Å². The Morgan fingerprint density at radius 3 is 2.73 bits per heavy atom. The van der Waals surface area contributed by atoms with Crippen molar-refractivity contribution in [2.45, 2.75) is 19.9 Å². The van der Waals surface area contributed by atoms with Crippen LogP contribution in [0.25, 0.3) is 10.2 Å². The fraction of sp³-hybridized carbons (Fsp3) is 0.364. The van der Waals surface area contributed by atoms with E-state index in [9.17, 15) is 0 Å². The molecule has 2 N–H and O–H groups in total. The molecule has 1 atom stereocenters. The van der Waals surface area contributed by atoms with Gasteiger partial charge in [0.1, 0.15) is 5.01 Å². The molecule has 80 valence electrons. The summed E-state index contributed by atoms with van der Waals surface area (Å²) in [5.74, 6) is 0.393. The Hall–Kier alpha value is -0.640. The van der Waals surface area contributed by atoms with Crippen LogP contribution in [0.15, 0.2) is 18.2 Å². The zero-order valence-corrected chi connectivity index (χ0v) is 10.3. The number of thiazole rings is 1. The molecule has 0 aliphatic carbocycles. The van der Waals surface area contributed by atoms with Crippen LogP contribution in [-0.4, -0.2) is 4.98 Å². The van der Waals surface area contributed by atoms with Gasteiger partial charge in [0.25, 0.3) is 0 Å². The Labute approximate surface area is 98.1 Å². The maximum atomic E-state index is 6.08. The van der Waals surface area contributed by atoms with Gasteiger partial charge in [-0.1, -0.05) is 31.5 Å². The van der Waals surface area contributed by atoms with Crippen molar-refractivity contribution in [3.63, 3.8) is 0 Å². The van der Waals surface area contributed by atoms with Crippen molar-refractivity contribution in [3.8, 4) is 0 Å². The molecule has 0 aliphatic heterocycles. The van der Waals surface area contributed by atoms with Gasteiger partial charge in [-0.25, -0.2) is 4.98 Å². The predicted molar refractivity (Wildman–Crippen MR) is 66.4 cm³/mol. The quantitative estimate of drug-likeness (QED) is 0.871. The average Bonchev–Trinajstić information content (AvgIpc) is 2.61. The highest BCUT2D eigenvalue weighted by molar-refractivity contribution is 7.19. The van der Waals surface area contributed by atoms with E-state index < -0.39 is 0 Å². The number of hydrogen-bond donors (Lipinski definition) is 1. The number of rotatable bonds is 2. The molecule has 1 aromatic carbocycles. The molecule has 0 fully saturated rings. The molecule has 0 aliphatic rings. The summed E-state index contributed by atoms with van der Waals surface area (Å²) < 4.78 is 1.03. The zero-order chi connectivity index (χ0) is 11.0. The second-order valence-corrected chi connectivity index (χ2v) is 5.35. The lowest BCUT2D eigenvalue weighted by Crippen LogP contribution is -2.16. The van der Waals surface area contributed by atoms with Crippen molar-refractivity contribution in [2.75, 3.05) is 0 Å². The number of fused-ring (bicyclic) bond motifs is 1. The van der Waals surface area contributed by atoms with Crippen LogP contribution in [0.3, 0.4) is 0 Å². The van der Waals surface area contributed by atoms with Crippen LogP contribution in [0.1, 0.15) is 24.9 Å². The molecule has 2 rings (SSSR count). The number of nitrogens with two attached hydrogens (primary N) is 1. The van der Waals surface area contributed by atoms with Gasteiger partial charge in [0.15, 0.2) is 0 Å². The second kappa shape index (κ2) is 4.08. The summed E-state index contributed by atoms with van der Waals surface area (Å²) >= 11 is 7.68. The predicted octanol–water partition coefficient (Wildman–Crippen LogP) is 3.61. The molecule has 0 spiro atoms. The Kier molecular flexibility index (Phi) is 2.96. The molecule has 2 aromatic rings. The van der Waals surface area contributed by atoms with Gasteiger partial charge in [0.2, 0.25) is 0 Å². The lowest BCUT2D eigenvalue weighted by Gasteiger charge is -2.11. The Morgan fingerprint density at radius 2 is 2.13 bits per heavy atom. The largest absolute Gasteiger partial charge is 0.322 e. The second-order valence-electron chi connectivity index (χ2n) is 3.91. The van der Waals surface area contributed by atoms with Crippen molar-refractivity contribution in [2.24, 2.45) is 11.7 Å². The highest BCUT2D eigenvalue weighted by Crippen LogP contribution is 2.32. The normalized spacial score (nSPS) is 13.7. The first kappa shape index (κ1) is 10.9. The van der Waals surface area contributed by atoms with Gasteiger partial charge in [-0.05, 0) is 18.1 Å². The minimum atomic E-state index is -0.00142. The van der Waals surface area contributed by atoms with Gasteiger partial charge >= 0.3 is 0 Å². The van der Waals surface area contributed by atoms with Gasteiger partial charge in [-0.2, -0.15) is 0 Å². The van der Waals surface area contributed by atoms with E-state index >= 15 is 0 Å². The average molecular weight is 241 g/mol. The lowest BCUT2D eigenvalue weighted by molar-refractivity contribution is 0.513. The fourth-order valence-corrected chi connectivity index (χ4v) is 2.79. The highest BCUT2D eigenvalue weighted by atomic mass is 35.5. The number of nitrogens with zero attached hydrogens (tertiary/aromatic N) is 1. The third-order valence-electron chi connectivity index (χ3n) is 2.39. The van der Waals surface area contributed by atoms with Gasteiger partial charge in [0, 0.05) is 0 Å². The molecular formula is C11H13ClN2S. The monoisotopic (exact) mass is 240 g/mol. The number of aromatic nitrogens is 1. The standard InChI is InChI=1S/C11H13ClN2S/c1-6(2)9(13)11-14-8-5-3-4-7(12)10(8)15-11/h3-6,9H,13H2,1-2H3. The molecule has 0 saturated carbocycles. The summed E-state index contributed by atoms with van der Waals surface area (Å²) in [6.07, 6.45) is 0. The van der Waals surface area contributed by atoms with Crippen LogP contribution < -0.4 is 5.73 Å². The molecule has 0 saturated heterocycles. The van der Waals surface area contributed by atoms with Gasteiger partial charge in [-0.3, -0.25) is 0 Å². The van der Waals surface area contributed by atoms with Crippen molar-refractivity contribution in [1.29, 1.82) is 0 Å². The summed E-state index contributed by atoms with van der Waals surface area (Å²) in [5, 5.41) is 1.72. The van der Waals surface area contributed by atoms with E-state index in [0.29, 0.717) is 5.92 Å². The number of benzene rings is 1. The van der Waals surface area contributed by atoms with E-state index in [1.165, 1.54) is 0 Å². The van der Waals surface area contributed by atoms with Crippen molar-refractivity contribution in [1.82, 2.24) is 4.98 Å². The van der Waals surface area contributed by atoms with E-state index in [-0.39, 0.29) is 6.04 Å². The third-order valence-corrected chi connectivity index (χ3v) is 4.02.